The molecule has 0 bridgehead atoms. The second-order valence-electron chi connectivity index (χ2n) is 4.35. The summed E-state index contributed by atoms with van der Waals surface area (Å²) < 4.78 is 6.95. The summed E-state index contributed by atoms with van der Waals surface area (Å²) in [7, 11) is 1.59. The molecule has 0 fully saturated rings. The number of aromatic nitrogens is 4. The van der Waals surface area contributed by atoms with Gasteiger partial charge in [0.2, 0.25) is 0 Å². The molecule has 2 N–H and O–H groups in total. The first-order valence-electron chi connectivity index (χ1n) is 6.17. The zero-order chi connectivity index (χ0) is 14.8. The average Bonchev–Trinajstić information content (AvgIpc) is 2.97. The number of nitrogens with two attached hydrogens (primary N) is 1. The summed E-state index contributed by atoms with van der Waals surface area (Å²) in [5, 5.41) is 12.5. The summed E-state index contributed by atoms with van der Waals surface area (Å²) in [6.07, 6.45) is 0. The van der Waals surface area contributed by atoms with Crippen LogP contribution in [0.15, 0.2) is 42.5 Å². The van der Waals surface area contributed by atoms with E-state index in [0.717, 1.165) is 11.3 Å². The lowest BCUT2D eigenvalue weighted by molar-refractivity contribution is 0.416. The van der Waals surface area contributed by atoms with E-state index in [4.69, 9.17) is 22.1 Å². The Morgan fingerprint density at radius 3 is 2.62 bits per heavy atom. The zero-order valence-corrected chi connectivity index (χ0v) is 11.9. The molecule has 2 aromatic carbocycles. The van der Waals surface area contributed by atoms with Crippen molar-refractivity contribution in [1.29, 1.82) is 0 Å². The van der Waals surface area contributed by atoms with Gasteiger partial charge in [-0.05, 0) is 52.9 Å². The minimum Gasteiger partial charge on any atom is -0.496 e. The third-order valence-corrected chi connectivity index (χ3v) is 3.26. The van der Waals surface area contributed by atoms with Crippen LogP contribution in [0.4, 0.5) is 5.69 Å². The summed E-state index contributed by atoms with van der Waals surface area (Å²) in [4.78, 5) is 0. The number of methoxy groups -OCH3 is 1. The van der Waals surface area contributed by atoms with E-state index in [2.05, 4.69) is 15.5 Å². The van der Waals surface area contributed by atoms with Crippen molar-refractivity contribution >= 4 is 17.3 Å². The fraction of sp³-hybridized carbons (Fsp3) is 0.0714. The van der Waals surface area contributed by atoms with Crippen LogP contribution in [0.3, 0.4) is 0 Å². The molecule has 0 atom stereocenters. The van der Waals surface area contributed by atoms with Crippen molar-refractivity contribution in [3.05, 3.63) is 47.5 Å². The summed E-state index contributed by atoms with van der Waals surface area (Å²) in [5.74, 6) is 1.19. The van der Waals surface area contributed by atoms with Gasteiger partial charge in [-0.2, -0.15) is 4.68 Å². The minimum absolute atomic E-state index is 0.543. The van der Waals surface area contributed by atoms with Crippen molar-refractivity contribution < 1.29 is 4.74 Å². The third kappa shape index (κ3) is 2.53. The highest BCUT2D eigenvalue weighted by Crippen LogP contribution is 2.31. The smallest absolute Gasteiger partial charge is 0.190 e. The summed E-state index contributed by atoms with van der Waals surface area (Å²) in [6, 6.07) is 12.5. The maximum atomic E-state index is 5.90. The molecule has 0 aliphatic heterocycles. The Balaban J connectivity index is 2.15. The number of tetrazole rings is 1. The Bertz CT molecular complexity index is 769. The third-order valence-electron chi connectivity index (χ3n) is 3.01. The Labute approximate surface area is 126 Å². The molecule has 0 unspecified atom stereocenters. The van der Waals surface area contributed by atoms with Crippen LogP contribution >= 0.6 is 11.6 Å². The Morgan fingerprint density at radius 2 is 1.90 bits per heavy atom. The second-order valence-corrected chi connectivity index (χ2v) is 4.79. The minimum atomic E-state index is 0.543. The molecule has 0 saturated carbocycles. The fourth-order valence-electron chi connectivity index (χ4n) is 2.01. The molecule has 6 nitrogen and oxygen atoms in total. The first-order chi connectivity index (χ1) is 10.2. The number of hydrogen-bond acceptors (Lipinski definition) is 5. The van der Waals surface area contributed by atoms with Gasteiger partial charge in [0.05, 0.1) is 18.4 Å². The second kappa shape index (κ2) is 5.41. The van der Waals surface area contributed by atoms with Crippen LogP contribution in [0.2, 0.25) is 5.02 Å². The van der Waals surface area contributed by atoms with Gasteiger partial charge >= 0.3 is 0 Å². The predicted octanol–water partition coefficient (Wildman–Crippen LogP) is 2.57. The molecule has 0 aliphatic carbocycles. The van der Waals surface area contributed by atoms with E-state index < -0.39 is 0 Å². The van der Waals surface area contributed by atoms with Gasteiger partial charge in [0.1, 0.15) is 5.75 Å². The van der Waals surface area contributed by atoms with E-state index >= 15 is 0 Å². The van der Waals surface area contributed by atoms with E-state index in [0.29, 0.717) is 22.3 Å². The topological polar surface area (TPSA) is 78.8 Å². The molecule has 0 saturated heterocycles. The molecule has 7 heteroatoms. The van der Waals surface area contributed by atoms with E-state index in [1.54, 1.807) is 42.1 Å². The van der Waals surface area contributed by atoms with Gasteiger partial charge in [0.25, 0.3) is 0 Å². The number of nitrogen functional groups attached to an aromatic ring is 1. The molecule has 0 radical (unpaired) electrons. The highest BCUT2D eigenvalue weighted by atomic mass is 35.5. The molecule has 3 aromatic rings. The molecule has 1 heterocycles. The maximum absolute atomic E-state index is 5.90. The standard InChI is InChI=1S/C14H12ClN5O/c1-21-13-7-4-10(16)8-12(13)14-17-18-19-20(14)11-5-2-9(15)3-6-11/h2-8H,16H2,1H3. The summed E-state index contributed by atoms with van der Waals surface area (Å²) in [5.41, 5.74) is 7.97. The van der Waals surface area contributed by atoms with Gasteiger partial charge < -0.3 is 10.5 Å². The lowest BCUT2D eigenvalue weighted by atomic mass is 10.1. The van der Waals surface area contributed by atoms with Crippen molar-refractivity contribution in [1.82, 2.24) is 20.2 Å². The normalized spacial score (nSPS) is 10.6. The largest absolute Gasteiger partial charge is 0.496 e. The van der Waals surface area contributed by atoms with Gasteiger partial charge in [0.15, 0.2) is 5.82 Å². The first kappa shape index (κ1) is 13.4. The molecule has 0 spiro atoms. The monoisotopic (exact) mass is 301 g/mol. The Morgan fingerprint density at radius 1 is 1.14 bits per heavy atom. The van der Waals surface area contributed by atoms with Crippen LogP contribution in [0.1, 0.15) is 0 Å². The van der Waals surface area contributed by atoms with Gasteiger partial charge in [-0.25, -0.2) is 0 Å². The fourth-order valence-corrected chi connectivity index (χ4v) is 2.14. The first-order valence-corrected chi connectivity index (χ1v) is 6.55. The van der Waals surface area contributed by atoms with Crippen LogP contribution in [0.25, 0.3) is 17.1 Å². The molecule has 21 heavy (non-hydrogen) atoms. The number of nitrogens with zero attached hydrogens (tertiary/aromatic N) is 4. The molecular weight excluding hydrogens is 290 g/mol. The van der Waals surface area contributed by atoms with Gasteiger partial charge in [-0.1, -0.05) is 11.6 Å². The van der Waals surface area contributed by atoms with Crippen molar-refractivity contribution in [3.63, 3.8) is 0 Å². The van der Waals surface area contributed by atoms with E-state index in [1.807, 2.05) is 12.1 Å². The van der Waals surface area contributed by atoms with Crippen molar-refractivity contribution in [3.8, 4) is 22.8 Å². The van der Waals surface area contributed by atoms with Crippen LogP contribution < -0.4 is 10.5 Å². The quantitative estimate of drug-likeness (QED) is 0.752. The SMILES string of the molecule is COc1ccc(N)cc1-c1nnnn1-c1ccc(Cl)cc1. The predicted molar refractivity (Wildman–Crippen MR) is 80.6 cm³/mol. The average molecular weight is 302 g/mol. The lowest BCUT2D eigenvalue weighted by Gasteiger charge is -2.09. The Kier molecular flexibility index (Phi) is 3.45. The maximum Gasteiger partial charge on any atom is 0.190 e. The molecule has 0 amide bonds. The van der Waals surface area contributed by atoms with E-state index in [-0.39, 0.29) is 0 Å². The molecule has 1 aromatic heterocycles. The highest BCUT2D eigenvalue weighted by Gasteiger charge is 2.15. The van der Waals surface area contributed by atoms with Crippen molar-refractivity contribution in [2.24, 2.45) is 0 Å². The molecule has 3 rings (SSSR count). The zero-order valence-electron chi connectivity index (χ0n) is 11.2. The van der Waals surface area contributed by atoms with E-state index in [1.165, 1.54) is 0 Å². The molecule has 106 valence electrons. The van der Waals surface area contributed by atoms with Gasteiger partial charge in [-0.15, -0.1) is 5.10 Å². The number of hydrogen-bond donors (Lipinski definition) is 1. The summed E-state index contributed by atoms with van der Waals surface area (Å²) in [6.45, 7) is 0. The van der Waals surface area contributed by atoms with Gasteiger partial charge in [0, 0.05) is 10.7 Å². The van der Waals surface area contributed by atoms with Crippen LogP contribution in [0.5, 0.6) is 5.75 Å². The Hall–Kier alpha value is -2.60. The van der Waals surface area contributed by atoms with Crippen LogP contribution in [-0.4, -0.2) is 27.3 Å². The lowest BCUT2D eigenvalue weighted by Crippen LogP contribution is -2.01. The van der Waals surface area contributed by atoms with E-state index in [9.17, 15) is 0 Å². The highest BCUT2D eigenvalue weighted by molar-refractivity contribution is 6.30. The summed E-state index contributed by atoms with van der Waals surface area (Å²) >= 11 is 5.90. The van der Waals surface area contributed by atoms with Gasteiger partial charge in [-0.3, -0.25) is 0 Å². The number of anilines is 1. The number of halogens is 1. The number of ether oxygens (including phenoxy) is 1. The number of rotatable bonds is 3. The van der Waals surface area contributed by atoms with Crippen molar-refractivity contribution in [2.45, 2.75) is 0 Å². The number of benzene rings is 2. The molecular formula is C14H12ClN5O. The molecule has 0 aliphatic rings. The van der Waals surface area contributed by atoms with Crippen molar-refractivity contribution in [2.75, 3.05) is 12.8 Å². The van der Waals surface area contributed by atoms with Crippen LogP contribution in [0, 0.1) is 0 Å². The van der Waals surface area contributed by atoms with Crippen LogP contribution in [-0.2, 0) is 0 Å².